The van der Waals surface area contributed by atoms with E-state index in [1.807, 2.05) is 26.0 Å². The van der Waals surface area contributed by atoms with Crippen LogP contribution < -0.4 is 15.0 Å². The maximum absolute atomic E-state index is 12.3. The maximum atomic E-state index is 12.3. The van der Waals surface area contributed by atoms with Gasteiger partial charge >= 0.3 is 0 Å². The van der Waals surface area contributed by atoms with E-state index >= 15 is 0 Å². The Labute approximate surface area is 114 Å². The lowest BCUT2D eigenvalue weighted by Crippen LogP contribution is -2.07. The lowest BCUT2D eigenvalue weighted by molar-refractivity contribution is 0.174. The summed E-state index contributed by atoms with van der Waals surface area (Å²) in [6, 6.07) is 7.76. The molecule has 0 atom stereocenters. The molecule has 1 aliphatic rings. The first-order valence-electron chi connectivity index (χ1n) is 6.51. The van der Waals surface area contributed by atoms with E-state index < -0.39 is 0 Å². The highest BCUT2D eigenvalue weighted by atomic mass is 16.7. The third kappa shape index (κ3) is 1.39. The van der Waals surface area contributed by atoms with E-state index in [2.05, 4.69) is 11.1 Å². The fraction of sp³-hybridized carbons (Fsp3) is 0.188. The molecule has 1 N–H and O–H groups in total. The van der Waals surface area contributed by atoms with Crippen LogP contribution in [0.25, 0.3) is 21.7 Å². The molecular weight excluding hydrogens is 254 g/mol. The van der Waals surface area contributed by atoms with Crippen molar-refractivity contribution in [1.82, 2.24) is 4.98 Å². The number of aromatic nitrogens is 1. The zero-order valence-corrected chi connectivity index (χ0v) is 11.2. The molecule has 4 heteroatoms. The van der Waals surface area contributed by atoms with Crippen LogP contribution >= 0.6 is 0 Å². The molecule has 4 nitrogen and oxygen atoms in total. The van der Waals surface area contributed by atoms with Gasteiger partial charge in [0.1, 0.15) is 0 Å². The number of pyridine rings is 1. The fourth-order valence-electron chi connectivity index (χ4n) is 2.84. The third-order valence-corrected chi connectivity index (χ3v) is 3.89. The van der Waals surface area contributed by atoms with Crippen molar-refractivity contribution >= 4 is 21.7 Å². The number of fused-ring (bicyclic) bond motifs is 4. The minimum Gasteiger partial charge on any atom is -0.454 e. The molecular formula is C16H13NO3. The van der Waals surface area contributed by atoms with Crippen molar-refractivity contribution < 1.29 is 9.47 Å². The molecule has 3 aromatic rings. The van der Waals surface area contributed by atoms with Crippen molar-refractivity contribution in [3.63, 3.8) is 0 Å². The van der Waals surface area contributed by atoms with Crippen LogP contribution in [0.15, 0.2) is 29.1 Å². The topological polar surface area (TPSA) is 51.3 Å². The minimum atomic E-state index is -0.0977. The van der Waals surface area contributed by atoms with E-state index in [-0.39, 0.29) is 12.4 Å². The molecule has 0 spiro atoms. The van der Waals surface area contributed by atoms with Gasteiger partial charge in [0.25, 0.3) is 5.56 Å². The monoisotopic (exact) mass is 267 g/mol. The number of rotatable bonds is 0. The number of aryl methyl sites for hydroxylation is 2. The first-order valence-corrected chi connectivity index (χ1v) is 6.51. The summed E-state index contributed by atoms with van der Waals surface area (Å²) in [4.78, 5) is 15.3. The number of nitrogens with one attached hydrogen (secondary N) is 1. The molecule has 20 heavy (non-hydrogen) atoms. The molecule has 0 unspecified atom stereocenters. The second-order valence-electron chi connectivity index (χ2n) is 5.15. The Morgan fingerprint density at radius 1 is 1.00 bits per heavy atom. The molecule has 1 aromatic heterocycles. The number of aromatic amines is 1. The second kappa shape index (κ2) is 3.76. The largest absolute Gasteiger partial charge is 0.454 e. The molecule has 0 radical (unpaired) electrons. The molecule has 0 saturated heterocycles. The van der Waals surface area contributed by atoms with Gasteiger partial charge in [-0.1, -0.05) is 12.1 Å². The first kappa shape index (κ1) is 11.3. The summed E-state index contributed by atoms with van der Waals surface area (Å²) in [6.45, 7) is 4.25. The van der Waals surface area contributed by atoms with Gasteiger partial charge in [0.15, 0.2) is 11.5 Å². The highest BCUT2D eigenvalue weighted by Gasteiger charge is 2.18. The van der Waals surface area contributed by atoms with E-state index in [0.717, 1.165) is 27.4 Å². The van der Waals surface area contributed by atoms with Crippen molar-refractivity contribution in [3.05, 3.63) is 45.7 Å². The summed E-state index contributed by atoms with van der Waals surface area (Å²) < 4.78 is 10.8. The SMILES string of the molecule is Cc1ccc(C)c2c1[nH]c(=O)c1cc3c(cc12)OCO3. The van der Waals surface area contributed by atoms with Crippen LogP contribution in [0.1, 0.15) is 11.1 Å². The second-order valence-corrected chi connectivity index (χ2v) is 5.15. The van der Waals surface area contributed by atoms with Crippen molar-refractivity contribution in [2.24, 2.45) is 0 Å². The van der Waals surface area contributed by atoms with E-state index in [1.54, 1.807) is 6.07 Å². The third-order valence-electron chi connectivity index (χ3n) is 3.89. The van der Waals surface area contributed by atoms with E-state index in [0.29, 0.717) is 16.9 Å². The summed E-state index contributed by atoms with van der Waals surface area (Å²) >= 11 is 0. The number of ether oxygens (including phenoxy) is 2. The van der Waals surface area contributed by atoms with E-state index in [9.17, 15) is 4.79 Å². The van der Waals surface area contributed by atoms with Crippen LogP contribution in [0, 0.1) is 13.8 Å². The maximum Gasteiger partial charge on any atom is 0.256 e. The Morgan fingerprint density at radius 3 is 2.40 bits per heavy atom. The summed E-state index contributed by atoms with van der Waals surface area (Å²) in [5, 5.41) is 2.61. The van der Waals surface area contributed by atoms with Gasteiger partial charge in [0.05, 0.1) is 10.9 Å². The van der Waals surface area contributed by atoms with Gasteiger partial charge in [-0.2, -0.15) is 0 Å². The zero-order chi connectivity index (χ0) is 13.9. The van der Waals surface area contributed by atoms with Gasteiger partial charge in [0.2, 0.25) is 6.79 Å². The quantitative estimate of drug-likeness (QED) is 0.637. The number of hydrogen-bond donors (Lipinski definition) is 1. The molecule has 0 saturated carbocycles. The molecule has 0 aliphatic carbocycles. The van der Waals surface area contributed by atoms with Crippen LogP contribution in [-0.2, 0) is 0 Å². The van der Waals surface area contributed by atoms with Gasteiger partial charge in [-0.15, -0.1) is 0 Å². The van der Waals surface area contributed by atoms with Crippen molar-refractivity contribution in [1.29, 1.82) is 0 Å². The first-order chi connectivity index (χ1) is 9.65. The van der Waals surface area contributed by atoms with Crippen LogP contribution in [0.5, 0.6) is 11.5 Å². The Bertz CT molecular complexity index is 925. The zero-order valence-electron chi connectivity index (χ0n) is 11.2. The lowest BCUT2D eigenvalue weighted by Gasteiger charge is -2.09. The number of benzene rings is 2. The molecule has 2 heterocycles. The molecule has 2 aromatic carbocycles. The van der Waals surface area contributed by atoms with E-state index in [4.69, 9.17) is 9.47 Å². The summed E-state index contributed by atoms with van der Waals surface area (Å²) in [5.41, 5.74) is 2.98. The Balaban J connectivity index is 2.30. The number of H-pyrrole nitrogens is 1. The van der Waals surface area contributed by atoms with Crippen LogP contribution in [0.3, 0.4) is 0 Å². The Hall–Kier alpha value is -2.49. The fourth-order valence-corrected chi connectivity index (χ4v) is 2.84. The molecule has 100 valence electrons. The highest BCUT2D eigenvalue weighted by Crippen LogP contribution is 2.38. The highest BCUT2D eigenvalue weighted by molar-refractivity contribution is 6.08. The lowest BCUT2D eigenvalue weighted by atomic mass is 9.99. The van der Waals surface area contributed by atoms with Gasteiger partial charge in [0, 0.05) is 10.8 Å². The molecule has 4 rings (SSSR count). The van der Waals surface area contributed by atoms with Gasteiger partial charge < -0.3 is 14.5 Å². The van der Waals surface area contributed by atoms with Gasteiger partial charge in [-0.05, 0) is 37.1 Å². The van der Waals surface area contributed by atoms with E-state index in [1.165, 1.54) is 0 Å². The van der Waals surface area contributed by atoms with Gasteiger partial charge in [-0.25, -0.2) is 0 Å². The van der Waals surface area contributed by atoms with Crippen LogP contribution in [0.2, 0.25) is 0 Å². The molecule has 0 fully saturated rings. The molecule has 1 aliphatic heterocycles. The Morgan fingerprint density at radius 2 is 1.65 bits per heavy atom. The predicted octanol–water partition coefficient (Wildman–Crippen LogP) is 3.03. The summed E-state index contributed by atoms with van der Waals surface area (Å²) in [7, 11) is 0. The average molecular weight is 267 g/mol. The Kier molecular flexibility index (Phi) is 2.13. The summed E-state index contributed by atoms with van der Waals surface area (Å²) in [6.07, 6.45) is 0. The van der Waals surface area contributed by atoms with Gasteiger partial charge in [-0.3, -0.25) is 4.79 Å². The standard InChI is InChI=1S/C16H13NO3/c1-8-3-4-9(2)15-14(8)10-5-12-13(20-7-19-12)6-11(10)16(18)17-15/h3-6H,7H2,1-2H3,(H,17,18). The average Bonchev–Trinajstić information content (AvgIpc) is 2.88. The molecule has 0 bridgehead atoms. The van der Waals surface area contributed by atoms with Crippen molar-refractivity contribution in [3.8, 4) is 11.5 Å². The number of hydrogen-bond acceptors (Lipinski definition) is 3. The van der Waals surface area contributed by atoms with Crippen LogP contribution in [0.4, 0.5) is 0 Å². The smallest absolute Gasteiger partial charge is 0.256 e. The van der Waals surface area contributed by atoms with Crippen LogP contribution in [-0.4, -0.2) is 11.8 Å². The minimum absolute atomic E-state index is 0.0977. The predicted molar refractivity (Wildman–Crippen MR) is 77.7 cm³/mol. The summed E-state index contributed by atoms with van der Waals surface area (Å²) in [5.74, 6) is 1.33. The van der Waals surface area contributed by atoms with Crippen molar-refractivity contribution in [2.75, 3.05) is 6.79 Å². The molecule has 0 amide bonds. The normalized spacial score (nSPS) is 13.3. The van der Waals surface area contributed by atoms with Crippen molar-refractivity contribution in [2.45, 2.75) is 13.8 Å².